The Morgan fingerprint density at radius 3 is 2.87 bits per heavy atom. The van der Waals surface area contributed by atoms with Crippen LogP contribution in [0.15, 0.2) is 40.2 Å². The van der Waals surface area contributed by atoms with E-state index in [-0.39, 0.29) is 0 Å². The van der Waals surface area contributed by atoms with E-state index in [1.807, 2.05) is 18.2 Å². The molecule has 0 atom stereocenters. The van der Waals surface area contributed by atoms with Gasteiger partial charge in [0.25, 0.3) is 0 Å². The first-order valence-electron chi connectivity index (χ1n) is 4.47. The minimum absolute atomic E-state index is 0.728. The lowest BCUT2D eigenvalue weighted by molar-refractivity contribution is 1.19. The lowest BCUT2D eigenvalue weighted by Gasteiger charge is -2.08. The van der Waals surface area contributed by atoms with Gasteiger partial charge in [-0.3, -0.25) is 0 Å². The second-order valence-corrected chi connectivity index (χ2v) is 5.27. The molecule has 78 valence electrons. The molecule has 4 heteroatoms. The summed E-state index contributed by atoms with van der Waals surface area (Å²) >= 11 is 11.2. The zero-order valence-corrected chi connectivity index (χ0v) is 11.0. The van der Waals surface area contributed by atoms with Gasteiger partial charge in [0.15, 0.2) is 0 Å². The highest BCUT2D eigenvalue weighted by atomic mass is 79.9. The molecule has 0 fully saturated rings. The number of anilines is 1. The molecule has 0 radical (unpaired) electrons. The van der Waals surface area contributed by atoms with Crippen LogP contribution in [-0.4, -0.2) is 0 Å². The molecule has 0 amide bonds. The Kier molecular flexibility index (Phi) is 3.67. The molecule has 1 aromatic carbocycles. The summed E-state index contributed by atoms with van der Waals surface area (Å²) in [6, 6.07) is 9.96. The highest BCUT2D eigenvalue weighted by Gasteiger charge is 2.03. The maximum Gasteiger partial charge on any atom is 0.0593 e. The lowest BCUT2D eigenvalue weighted by atomic mass is 10.3. The summed E-state index contributed by atoms with van der Waals surface area (Å²) < 4.78 is 0.920. The van der Waals surface area contributed by atoms with E-state index >= 15 is 0 Å². The minimum atomic E-state index is 0.728. The average molecular weight is 303 g/mol. The molecule has 0 bridgehead atoms. The SMILES string of the molecule is Clc1cccc(NCc2cccs2)c1Br. The van der Waals surface area contributed by atoms with Crippen LogP contribution in [0.2, 0.25) is 5.02 Å². The molecule has 0 saturated heterocycles. The Morgan fingerprint density at radius 2 is 2.13 bits per heavy atom. The summed E-state index contributed by atoms with van der Waals surface area (Å²) in [5.41, 5.74) is 1.02. The maximum atomic E-state index is 5.99. The molecule has 0 aliphatic carbocycles. The molecule has 1 nitrogen and oxygen atoms in total. The van der Waals surface area contributed by atoms with E-state index in [1.54, 1.807) is 11.3 Å². The van der Waals surface area contributed by atoms with Crippen molar-refractivity contribution in [2.45, 2.75) is 6.54 Å². The van der Waals surface area contributed by atoms with Crippen LogP contribution in [0.3, 0.4) is 0 Å². The molecule has 0 unspecified atom stereocenters. The molecule has 0 aliphatic heterocycles. The van der Waals surface area contributed by atoms with E-state index < -0.39 is 0 Å². The molecule has 1 aromatic heterocycles. The first kappa shape index (κ1) is 11.0. The lowest BCUT2D eigenvalue weighted by Crippen LogP contribution is -1.97. The van der Waals surface area contributed by atoms with Crippen molar-refractivity contribution in [3.8, 4) is 0 Å². The molecule has 2 aromatic rings. The summed E-state index contributed by atoms with van der Waals surface area (Å²) in [5, 5.41) is 6.14. The van der Waals surface area contributed by atoms with Gasteiger partial charge in [0.05, 0.1) is 15.2 Å². The van der Waals surface area contributed by atoms with E-state index in [4.69, 9.17) is 11.6 Å². The van der Waals surface area contributed by atoms with Crippen molar-refractivity contribution in [3.63, 3.8) is 0 Å². The van der Waals surface area contributed by atoms with Gasteiger partial charge in [-0.25, -0.2) is 0 Å². The normalized spacial score (nSPS) is 10.3. The monoisotopic (exact) mass is 301 g/mol. The predicted molar refractivity (Wildman–Crippen MR) is 70.8 cm³/mol. The summed E-state index contributed by atoms with van der Waals surface area (Å²) in [6.07, 6.45) is 0. The smallest absolute Gasteiger partial charge is 0.0593 e. The number of hydrogen-bond acceptors (Lipinski definition) is 2. The first-order valence-corrected chi connectivity index (χ1v) is 6.52. The Hall–Kier alpha value is -0.510. The van der Waals surface area contributed by atoms with Gasteiger partial charge < -0.3 is 5.32 Å². The van der Waals surface area contributed by atoms with E-state index in [1.165, 1.54) is 4.88 Å². The third-order valence-electron chi connectivity index (χ3n) is 1.98. The fourth-order valence-corrected chi connectivity index (χ4v) is 2.46. The van der Waals surface area contributed by atoms with Gasteiger partial charge in [0.2, 0.25) is 0 Å². The molecule has 2 rings (SSSR count). The van der Waals surface area contributed by atoms with Crippen molar-refractivity contribution in [2.75, 3.05) is 5.32 Å². The van der Waals surface area contributed by atoms with Crippen molar-refractivity contribution >= 4 is 44.6 Å². The standard InChI is InChI=1S/C11H9BrClNS/c12-11-9(13)4-1-5-10(11)14-7-8-3-2-6-15-8/h1-6,14H,7H2. The van der Waals surface area contributed by atoms with Crippen molar-refractivity contribution in [1.29, 1.82) is 0 Å². The van der Waals surface area contributed by atoms with Crippen LogP contribution in [0.1, 0.15) is 4.88 Å². The Balaban J connectivity index is 2.08. The van der Waals surface area contributed by atoms with Gasteiger partial charge in [0, 0.05) is 11.4 Å². The molecule has 1 heterocycles. The summed E-state index contributed by atoms with van der Waals surface area (Å²) in [5.74, 6) is 0. The molecule has 0 aliphatic rings. The van der Waals surface area contributed by atoms with Crippen LogP contribution < -0.4 is 5.32 Å². The van der Waals surface area contributed by atoms with Crippen molar-refractivity contribution in [1.82, 2.24) is 0 Å². The first-order chi connectivity index (χ1) is 7.27. The van der Waals surface area contributed by atoms with Crippen LogP contribution in [0.4, 0.5) is 5.69 Å². The Morgan fingerprint density at radius 1 is 1.27 bits per heavy atom. The zero-order chi connectivity index (χ0) is 10.7. The quantitative estimate of drug-likeness (QED) is 0.860. The molecular formula is C11H9BrClNS. The average Bonchev–Trinajstić information content (AvgIpc) is 2.73. The van der Waals surface area contributed by atoms with Crippen LogP contribution in [0, 0.1) is 0 Å². The van der Waals surface area contributed by atoms with Crippen molar-refractivity contribution in [3.05, 3.63) is 50.1 Å². The summed E-state index contributed by atoms with van der Waals surface area (Å²) in [6.45, 7) is 0.830. The molecular weight excluding hydrogens is 294 g/mol. The Bertz CT molecular complexity index is 442. The second kappa shape index (κ2) is 5.01. The number of nitrogens with one attached hydrogen (secondary N) is 1. The molecule has 15 heavy (non-hydrogen) atoms. The second-order valence-electron chi connectivity index (χ2n) is 3.03. The largest absolute Gasteiger partial charge is 0.379 e. The number of benzene rings is 1. The fraction of sp³-hybridized carbons (Fsp3) is 0.0909. The van der Waals surface area contributed by atoms with E-state index in [0.29, 0.717) is 0 Å². The summed E-state index contributed by atoms with van der Waals surface area (Å²) in [4.78, 5) is 1.31. The van der Waals surface area contributed by atoms with Crippen LogP contribution >= 0.6 is 38.9 Å². The fourth-order valence-electron chi connectivity index (χ4n) is 1.24. The van der Waals surface area contributed by atoms with E-state index in [2.05, 4.69) is 38.8 Å². The number of halogens is 2. The maximum absolute atomic E-state index is 5.99. The molecule has 0 saturated carbocycles. The van der Waals surface area contributed by atoms with E-state index in [9.17, 15) is 0 Å². The highest BCUT2D eigenvalue weighted by molar-refractivity contribution is 9.10. The number of rotatable bonds is 3. The van der Waals surface area contributed by atoms with E-state index in [0.717, 1.165) is 21.7 Å². The van der Waals surface area contributed by atoms with Gasteiger partial charge in [-0.2, -0.15) is 0 Å². The number of thiophene rings is 1. The topological polar surface area (TPSA) is 12.0 Å². The van der Waals surface area contributed by atoms with Crippen molar-refractivity contribution in [2.24, 2.45) is 0 Å². The predicted octanol–water partition coefficient (Wildman–Crippen LogP) is 4.78. The number of hydrogen-bond donors (Lipinski definition) is 1. The van der Waals surface area contributed by atoms with Gasteiger partial charge >= 0.3 is 0 Å². The molecule has 1 N–H and O–H groups in total. The van der Waals surface area contributed by atoms with Crippen LogP contribution in [-0.2, 0) is 6.54 Å². The van der Waals surface area contributed by atoms with Crippen LogP contribution in [0.25, 0.3) is 0 Å². The van der Waals surface area contributed by atoms with Gasteiger partial charge in [-0.05, 0) is 39.5 Å². The summed E-state index contributed by atoms with van der Waals surface area (Å²) in [7, 11) is 0. The zero-order valence-electron chi connectivity index (χ0n) is 7.84. The molecule has 0 spiro atoms. The minimum Gasteiger partial charge on any atom is -0.379 e. The third-order valence-corrected chi connectivity index (χ3v) is 4.26. The third kappa shape index (κ3) is 2.74. The van der Waals surface area contributed by atoms with Crippen LogP contribution in [0.5, 0.6) is 0 Å². The van der Waals surface area contributed by atoms with Gasteiger partial charge in [-0.15, -0.1) is 11.3 Å². The van der Waals surface area contributed by atoms with Gasteiger partial charge in [0.1, 0.15) is 0 Å². The van der Waals surface area contributed by atoms with Gasteiger partial charge in [-0.1, -0.05) is 23.7 Å². The van der Waals surface area contributed by atoms with Crippen molar-refractivity contribution < 1.29 is 0 Å². The Labute approximate surface area is 106 Å². The highest BCUT2D eigenvalue weighted by Crippen LogP contribution is 2.30.